The smallest absolute Gasteiger partial charge is 0.338 e. The lowest BCUT2D eigenvalue weighted by Crippen LogP contribution is -2.22. The van der Waals surface area contributed by atoms with Gasteiger partial charge in [-0.2, -0.15) is 0 Å². The molecule has 2 aromatic carbocycles. The van der Waals surface area contributed by atoms with E-state index < -0.39 is 16.0 Å². The largest absolute Gasteiger partial charge is 0.497 e. The third kappa shape index (κ3) is 4.68. The minimum absolute atomic E-state index is 0.108. The molecule has 0 amide bonds. The molecular formula is C19H20N2O6S. The van der Waals surface area contributed by atoms with Crippen molar-refractivity contribution in [2.75, 3.05) is 33.5 Å². The van der Waals surface area contributed by atoms with Crippen molar-refractivity contribution >= 4 is 21.8 Å². The molecule has 0 aliphatic carbocycles. The Labute approximate surface area is 163 Å². The SMILES string of the molecule is COc1ccc(C(=O)OCCOCCN=C2NS(=O)(=O)c3ccccc32)cc1. The summed E-state index contributed by atoms with van der Waals surface area (Å²) >= 11 is 0. The molecule has 1 heterocycles. The van der Waals surface area contributed by atoms with E-state index in [1.54, 1.807) is 49.6 Å². The maximum absolute atomic E-state index is 12.0. The van der Waals surface area contributed by atoms with Gasteiger partial charge < -0.3 is 14.2 Å². The summed E-state index contributed by atoms with van der Waals surface area (Å²) < 4.78 is 41.9. The van der Waals surface area contributed by atoms with Gasteiger partial charge in [0.1, 0.15) is 18.2 Å². The fourth-order valence-corrected chi connectivity index (χ4v) is 3.83. The number of hydrogen-bond donors (Lipinski definition) is 1. The number of aliphatic imine (C=N–C) groups is 1. The number of fused-ring (bicyclic) bond motifs is 1. The zero-order valence-electron chi connectivity index (χ0n) is 15.3. The number of nitrogens with zero attached hydrogens (tertiary/aromatic N) is 1. The van der Waals surface area contributed by atoms with Crippen LogP contribution in [0.15, 0.2) is 58.4 Å². The number of rotatable bonds is 8. The molecule has 0 fully saturated rings. The summed E-state index contributed by atoms with van der Waals surface area (Å²) in [4.78, 5) is 16.3. The molecule has 0 atom stereocenters. The number of ether oxygens (including phenoxy) is 3. The minimum atomic E-state index is -3.53. The van der Waals surface area contributed by atoms with Crippen LogP contribution in [0.5, 0.6) is 5.75 Å². The first kappa shape index (κ1) is 19.8. The maximum atomic E-state index is 12.0. The van der Waals surface area contributed by atoms with E-state index in [0.717, 1.165) is 0 Å². The quantitative estimate of drug-likeness (QED) is 0.530. The molecule has 148 valence electrons. The molecule has 1 N–H and O–H groups in total. The van der Waals surface area contributed by atoms with Crippen molar-refractivity contribution in [3.63, 3.8) is 0 Å². The Balaban J connectivity index is 1.39. The topological polar surface area (TPSA) is 103 Å². The van der Waals surface area contributed by atoms with E-state index in [1.807, 2.05) is 0 Å². The van der Waals surface area contributed by atoms with Crippen LogP contribution in [-0.2, 0) is 19.5 Å². The predicted octanol–water partition coefficient (Wildman–Crippen LogP) is 1.61. The lowest BCUT2D eigenvalue weighted by molar-refractivity contribution is 0.0329. The number of methoxy groups -OCH3 is 1. The lowest BCUT2D eigenvalue weighted by Gasteiger charge is -2.06. The minimum Gasteiger partial charge on any atom is -0.497 e. The summed E-state index contributed by atoms with van der Waals surface area (Å²) in [5, 5.41) is 0. The normalized spacial score (nSPS) is 15.7. The van der Waals surface area contributed by atoms with Gasteiger partial charge in [-0.15, -0.1) is 0 Å². The molecule has 1 aliphatic heterocycles. The molecule has 9 heteroatoms. The molecule has 8 nitrogen and oxygen atoms in total. The summed E-state index contributed by atoms with van der Waals surface area (Å²) in [6, 6.07) is 13.3. The number of nitrogens with one attached hydrogen (secondary N) is 1. The second-order valence-corrected chi connectivity index (χ2v) is 7.46. The number of carbonyl (C=O) groups excluding carboxylic acids is 1. The van der Waals surface area contributed by atoms with Crippen LogP contribution in [0.4, 0.5) is 0 Å². The van der Waals surface area contributed by atoms with E-state index in [4.69, 9.17) is 14.2 Å². The highest BCUT2D eigenvalue weighted by Crippen LogP contribution is 2.21. The lowest BCUT2D eigenvalue weighted by atomic mass is 10.2. The maximum Gasteiger partial charge on any atom is 0.338 e. The fraction of sp³-hybridized carbons (Fsp3) is 0.263. The van der Waals surface area contributed by atoms with Gasteiger partial charge in [0.25, 0.3) is 10.0 Å². The molecule has 28 heavy (non-hydrogen) atoms. The molecule has 0 unspecified atom stereocenters. The molecule has 0 aromatic heterocycles. The third-order valence-electron chi connectivity index (χ3n) is 3.95. The van der Waals surface area contributed by atoms with Gasteiger partial charge in [0, 0.05) is 5.56 Å². The third-order valence-corrected chi connectivity index (χ3v) is 5.35. The van der Waals surface area contributed by atoms with Gasteiger partial charge in [0.15, 0.2) is 0 Å². The van der Waals surface area contributed by atoms with E-state index in [2.05, 4.69) is 9.71 Å². The first-order valence-electron chi connectivity index (χ1n) is 8.57. The summed E-state index contributed by atoms with van der Waals surface area (Å²) in [6.45, 7) is 0.873. The van der Waals surface area contributed by atoms with Crippen molar-refractivity contribution < 1.29 is 27.4 Å². The Morgan fingerprint density at radius 2 is 1.79 bits per heavy atom. The van der Waals surface area contributed by atoms with Crippen molar-refractivity contribution in [2.45, 2.75) is 4.90 Å². The second kappa shape index (κ2) is 8.85. The first-order chi connectivity index (χ1) is 13.5. The number of carbonyl (C=O) groups is 1. The summed E-state index contributed by atoms with van der Waals surface area (Å²) in [6.07, 6.45) is 0. The Hall–Kier alpha value is -2.91. The highest BCUT2D eigenvalue weighted by molar-refractivity contribution is 7.90. The van der Waals surface area contributed by atoms with Gasteiger partial charge in [0.05, 0.1) is 37.3 Å². The van der Waals surface area contributed by atoms with Gasteiger partial charge in [0.2, 0.25) is 0 Å². The Kier molecular flexibility index (Phi) is 6.27. The molecule has 0 spiro atoms. The number of benzene rings is 2. The standard InChI is InChI=1S/C19H20N2O6S/c1-25-15-8-6-14(7-9-15)19(22)27-13-12-26-11-10-20-18-16-4-2-3-5-17(16)28(23,24)21-18/h2-9H,10-13H2,1H3,(H,20,21). The highest BCUT2D eigenvalue weighted by Gasteiger charge is 2.29. The van der Waals surface area contributed by atoms with E-state index in [0.29, 0.717) is 22.7 Å². The van der Waals surface area contributed by atoms with Gasteiger partial charge in [-0.1, -0.05) is 12.1 Å². The van der Waals surface area contributed by atoms with Crippen LogP contribution in [-0.4, -0.2) is 53.7 Å². The van der Waals surface area contributed by atoms with Crippen LogP contribution in [0.1, 0.15) is 15.9 Å². The van der Waals surface area contributed by atoms with E-state index in [1.165, 1.54) is 6.07 Å². The predicted molar refractivity (Wildman–Crippen MR) is 102 cm³/mol. The van der Waals surface area contributed by atoms with Crippen LogP contribution in [0.2, 0.25) is 0 Å². The number of sulfonamides is 1. The average Bonchev–Trinajstić information content (AvgIpc) is 2.97. The van der Waals surface area contributed by atoms with Crippen molar-refractivity contribution in [1.29, 1.82) is 0 Å². The van der Waals surface area contributed by atoms with E-state index in [-0.39, 0.29) is 31.3 Å². The van der Waals surface area contributed by atoms with Crippen molar-refractivity contribution in [1.82, 2.24) is 4.72 Å². The van der Waals surface area contributed by atoms with Gasteiger partial charge in [-0.05, 0) is 36.4 Å². The van der Waals surface area contributed by atoms with Gasteiger partial charge in [-0.3, -0.25) is 9.71 Å². The molecule has 0 saturated carbocycles. The molecule has 1 aliphatic rings. The zero-order chi connectivity index (χ0) is 20.0. The molecular weight excluding hydrogens is 384 g/mol. The van der Waals surface area contributed by atoms with Crippen LogP contribution in [0, 0.1) is 0 Å². The van der Waals surface area contributed by atoms with Crippen LogP contribution in [0.25, 0.3) is 0 Å². The van der Waals surface area contributed by atoms with Gasteiger partial charge in [-0.25, -0.2) is 13.2 Å². The van der Waals surface area contributed by atoms with Gasteiger partial charge >= 0.3 is 5.97 Å². The summed E-state index contributed by atoms with van der Waals surface area (Å²) in [5.74, 6) is 0.530. The molecule has 0 saturated heterocycles. The highest BCUT2D eigenvalue weighted by atomic mass is 32.2. The molecule has 3 rings (SSSR count). The molecule has 0 radical (unpaired) electrons. The van der Waals surface area contributed by atoms with E-state index in [9.17, 15) is 13.2 Å². The van der Waals surface area contributed by atoms with Crippen molar-refractivity contribution in [2.24, 2.45) is 4.99 Å². The number of amidine groups is 1. The molecule has 2 aromatic rings. The zero-order valence-corrected chi connectivity index (χ0v) is 16.1. The van der Waals surface area contributed by atoms with E-state index >= 15 is 0 Å². The fourth-order valence-electron chi connectivity index (χ4n) is 2.58. The van der Waals surface area contributed by atoms with Crippen molar-refractivity contribution in [3.8, 4) is 5.75 Å². The summed E-state index contributed by atoms with van der Waals surface area (Å²) in [5.41, 5.74) is 0.982. The number of hydrogen-bond acceptors (Lipinski definition) is 7. The van der Waals surface area contributed by atoms with Crippen LogP contribution in [0.3, 0.4) is 0 Å². The van der Waals surface area contributed by atoms with Crippen molar-refractivity contribution in [3.05, 3.63) is 59.7 Å². The monoisotopic (exact) mass is 404 g/mol. The Morgan fingerprint density at radius 1 is 1.04 bits per heavy atom. The average molecular weight is 404 g/mol. The Bertz CT molecular complexity index is 970. The summed E-state index contributed by atoms with van der Waals surface area (Å²) in [7, 11) is -1.98. The molecule has 0 bridgehead atoms. The Morgan fingerprint density at radius 3 is 2.54 bits per heavy atom. The second-order valence-electron chi connectivity index (χ2n) is 5.81. The van der Waals surface area contributed by atoms with Crippen LogP contribution < -0.4 is 9.46 Å². The number of esters is 1. The van der Waals surface area contributed by atoms with Crippen LogP contribution >= 0.6 is 0 Å². The first-order valence-corrected chi connectivity index (χ1v) is 10.0.